The molecule has 3 rings (SSSR count). The van der Waals surface area contributed by atoms with E-state index in [1.165, 1.54) is 6.07 Å². The van der Waals surface area contributed by atoms with Crippen LogP contribution in [0.15, 0.2) is 36.4 Å². The van der Waals surface area contributed by atoms with E-state index in [0.29, 0.717) is 16.4 Å². The van der Waals surface area contributed by atoms with Gasteiger partial charge in [0, 0.05) is 10.6 Å². The van der Waals surface area contributed by atoms with Gasteiger partial charge in [0.2, 0.25) is 0 Å². The molecule has 3 aromatic rings. The van der Waals surface area contributed by atoms with E-state index in [0.717, 1.165) is 11.1 Å². The van der Waals surface area contributed by atoms with Gasteiger partial charge in [0.1, 0.15) is 11.0 Å². The van der Waals surface area contributed by atoms with Crippen LogP contribution in [0.5, 0.6) is 0 Å². The van der Waals surface area contributed by atoms with Crippen molar-refractivity contribution in [1.82, 2.24) is 9.97 Å². The molecule has 1 heterocycles. The summed E-state index contributed by atoms with van der Waals surface area (Å²) in [5, 5.41) is 0.956. The van der Waals surface area contributed by atoms with Crippen LogP contribution in [0, 0.1) is 12.7 Å². The average molecular weight is 307 g/mol. The number of rotatable bonds is 1. The fourth-order valence-corrected chi connectivity index (χ4v) is 2.41. The molecule has 2 nitrogen and oxygen atoms in total. The predicted octanol–water partition coefficient (Wildman–Crippen LogP) is 5.05. The zero-order valence-corrected chi connectivity index (χ0v) is 12.0. The number of hydrogen-bond donors (Lipinski definition) is 0. The fourth-order valence-electron chi connectivity index (χ4n) is 1.96. The second-order valence-corrected chi connectivity index (χ2v) is 5.20. The molecule has 0 saturated carbocycles. The minimum Gasteiger partial charge on any atom is -0.228 e. The lowest BCUT2D eigenvalue weighted by atomic mass is 10.1. The van der Waals surface area contributed by atoms with Gasteiger partial charge in [0.05, 0.1) is 10.9 Å². The van der Waals surface area contributed by atoms with Crippen molar-refractivity contribution in [3.8, 4) is 11.4 Å². The standard InChI is InChI=1S/C15H9Cl2FN2/c1-8-5-6-9(7-10(8)16)15-19-12-4-2-3-11(18)13(12)14(17)20-15/h2-7H,1H3. The maximum atomic E-state index is 13.7. The molecule has 20 heavy (non-hydrogen) atoms. The van der Waals surface area contributed by atoms with E-state index in [1.807, 2.05) is 19.1 Å². The van der Waals surface area contributed by atoms with Crippen LogP contribution in [0.4, 0.5) is 4.39 Å². The normalized spacial score (nSPS) is 11.0. The summed E-state index contributed by atoms with van der Waals surface area (Å²) in [6.45, 7) is 1.91. The van der Waals surface area contributed by atoms with E-state index in [9.17, 15) is 4.39 Å². The van der Waals surface area contributed by atoms with Gasteiger partial charge in [-0.3, -0.25) is 0 Å². The molecule has 0 aliphatic rings. The molecule has 0 aliphatic carbocycles. The summed E-state index contributed by atoms with van der Waals surface area (Å²) in [6, 6.07) is 10.1. The Morgan fingerprint density at radius 2 is 1.85 bits per heavy atom. The number of aryl methyl sites for hydroxylation is 1. The zero-order valence-electron chi connectivity index (χ0n) is 10.5. The number of benzene rings is 2. The van der Waals surface area contributed by atoms with Gasteiger partial charge < -0.3 is 0 Å². The van der Waals surface area contributed by atoms with Gasteiger partial charge in [-0.15, -0.1) is 0 Å². The van der Waals surface area contributed by atoms with Crippen LogP contribution in [0.1, 0.15) is 5.56 Å². The predicted molar refractivity (Wildman–Crippen MR) is 79.7 cm³/mol. The largest absolute Gasteiger partial charge is 0.228 e. The van der Waals surface area contributed by atoms with Crippen molar-refractivity contribution in [3.05, 3.63) is 58.0 Å². The Morgan fingerprint density at radius 3 is 2.60 bits per heavy atom. The zero-order chi connectivity index (χ0) is 14.3. The van der Waals surface area contributed by atoms with Gasteiger partial charge >= 0.3 is 0 Å². The minimum absolute atomic E-state index is 0.0970. The van der Waals surface area contributed by atoms with Gasteiger partial charge in [-0.25, -0.2) is 14.4 Å². The third-order valence-corrected chi connectivity index (χ3v) is 3.74. The molecule has 0 fully saturated rings. The van der Waals surface area contributed by atoms with Crippen molar-refractivity contribution in [1.29, 1.82) is 0 Å². The molecule has 0 N–H and O–H groups in total. The number of halogens is 3. The fraction of sp³-hybridized carbons (Fsp3) is 0.0667. The Morgan fingerprint density at radius 1 is 1.05 bits per heavy atom. The third-order valence-electron chi connectivity index (χ3n) is 3.06. The van der Waals surface area contributed by atoms with Crippen molar-refractivity contribution in [2.24, 2.45) is 0 Å². The molecule has 0 bridgehead atoms. The molecule has 0 radical (unpaired) electrons. The second kappa shape index (κ2) is 5.00. The van der Waals surface area contributed by atoms with Crippen LogP contribution in [0.3, 0.4) is 0 Å². The van der Waals surface area contributed by atoms with Crippen LogP contribution >= 0.6 is 23.2 Å². The van der Waals surface area contributed by atoms with Crippen molar-refractivity contribution < 1.29 is 4.39 Å². The third kappa shape index (κ3) is 2.23. The molecule has 0 amide bonds. The summed E-state index contributed by atoms with van der Waals surface area (Å²) >= 11 is 12.2. The van der Waals surface area contributed by atoms with Crippen LogP contribution in [-0.4, -0.2) is 9.97 Å². The van der Waals surface area contributed by atoms with Gasteiger partial charge in [0.25, 0.3) is 0 Å². The van der Waals surface area contributed by atoms with Crippen molar-refractivity contribution >= 4 is 34.1 Å². The summed E-state index contributed by atoms with van der Waals surface area (Å²) in [5.74, 6) is -0.00371. The molecule has 0 aliphatic heterocycles. The lowest BCUT2D eigenvalue weighted by molar-refractivity contribution is 0.639. The molecular formula is C15H9Cl2FN2. The highest BCUT2D eigenvalue weighted by Crippen LogP contribution is 2.28. The molecule has 1 aromatic heterocycles. The highest BCUT2D eigenvalue weighted by molar-refractivity contribution is 6.34. The van der Waals surface area contributed by atoms with E-state index < -0.39 is 5.82 Å². The van der Waals surface area contributed by atoms with E-state index in [1.54, 1.807) is 18.2 Å². The molecule has 0 saturated heterocycles. The summed E-state index contributed by atoms with van der Waals surface area (Å²) in [4.78, 5) is 8.50. The minimum atomic E-state index is -0.430. The Hall–Kier alpha value is -1.71. The number of nitrogens with zero attached hydrogens (tertiary/aromatic N) is 2. The van der Waals surface area contributed by atoms with Gasteiger partial charge in [-0.1, -0.05) is 41.4 Å². The molecule has 5 heteroatoms. The highest BCUT2D eigenvalue weighted by Gasteiger charge is 2.12. The molecule has 0 unspecified atom stereocenters. The summed E-state index contributed by atoms with van der Waals surface area (Å²) in [7, 11) is 0. The number of hydrogen-bond acceptors (Lipinski definition) is 2. The first-order valence-electron chi connectivity index (χ1n) is 5.94. The van der Waals surface area contributed by atoms with E-state index in [4.69, 9.17) is 23.2 Å². The number of fused-ring (bicyclic) bond motifs is 1. The van der Waals surface area contributed by atoms with Crippen molar-refractivity contribution in [2.75, 3.05) is 0 Å². The first kappa shape index (κ1) is 13.3. The molecule has 2 aromatic carbocycles. The lowest BCUT2D eigenvalue weighted by Gasteiger charge is -2.06. The van der Waals surface area contributed by atoms with Gasteiger partial charge in [-0.2, -0.15) is 0 Å². The molecule has 0 atom stereocenters. The monoisotopic (exact) mass is 306 g/mol. The van der Waals surface area contributed by atoms with E-state index in [2.05, 4.69) is 9.97 Å². The first-order valence-corrected chi connectivity index (χ1v) is 6.70. The Kier molecular flexibility index (Phi) is 3.32. The van der Waals surface area contributed by atoms with Crippen LogP contribution in [-0.2, 0) is 0 Å². The van der Waals surface area contributed by atoms with Gasteiger partial charge in [0.15, 0.2) is 5.82 Å². The summed E-state index contributed by atoms with van der Waals surface area (Å²) in [5.41, 5.74) is 2.18. The average Bonchev–Trinajstić information content (AvgIpc) is 2.41. The first-order chi connectivity index (χ1) is 9.56. The smallest absolute Gasteiger partial charge is 0.161 e. The van der Waals surface area contributed by atoms with E-state index in [-0.39, 0.29) is 10.5 Å². The van der Waals surface area contributed by atoms with Crippen molar-refractivity contribution in [3.63, 3.8) is 0 Å². The topological polar surface area (TPSA) is 25.8 Å². The quantitative estimate of drug-likeness (QED) is 0.588. The Labute approximate surface area is 125 Å². The lowest BCUT2D eigenvalue weighted by Crippen LogP contribution is -1.94. The van der Waals surface area contributed by atoms with Gasteiger partial charge in [-0.05, 0) is 30.7 Å². The maximum absolute atomic E-state index is 13.7. The Bertz CT molecular complexity index is 818. The van der Waals surface area contributed by atoms with Crippen LogP contribution in [0.25, 0.3) is 22.3 Å². The Balaban J connectivity index is 2.25. The van der Waals surface area contributed by atoms with E-state index >= 15 is 0 Å². The maximum Gasteiger partial charge on any atom is 0.161 e. The number of aromatic nitrogens is 2. The van der Waals surface area contributed by atoms with Crippen LogP contribution < -0.4 is 0 Å². The SMILES string of the molecule is Cc1ccc(-c2nc(Cl)c3c(F)cccc3n2)cc1Cl. The van der Waals surface area contributed by atoms with Crippen molar-refractivity contribution in [2.45, 2.75) is 6.92 Å². The second-order valence-electron chi connectivity index (χ2n) is 4.44. The molecule has 0 spiro atoms. The van der Waals surface area contributed by atoms with Crippen LogP contribution in [0.2, 0.25) is 10.2 Å². The molecular weight excluding hydrogens is 298 g/mol. The summed E-state index contributed by atoms with van der Waals surface area (Å²) < 4.78 is 13.7. The highest BCUT2D eigenvalue weighted by atomic mass is 35.5. The molecule has 100 valence electrons. The summed E-state index contributed by atoms with van der Waals surface area (Å²) in [6.07, 6.45) is 0.